The van der Waals surface area contributed by atoms with E-state index in [1.54, 1.807) is 23.5 Å². The molecule has 4 aromatic rings. The Morgan fingerprint density at radius 3 is 2.63 bits per heavy atom. The van der Waals surface area contributed by atoms with Gasteiger partial charge < -0.3 is 10.1 Å². The molecule has 3 aromatic carbocycles. The second-order valence-electron chi connectivity index (χ2n) is 6.28. The molecular formula is C22H16IN3O2S2. The fourth-order valence-corrected chi connectivity index (χ4v) is 4.48. The number of nitrogens with one attached hydrogen (secondary N) is 2. The first-order chi connectivity index (χ1) is 14.6. The molecule has 0 radical (unpaired) electrons. The van der Waals surface area contributed by atoms with Crippen LogP contribution in [-0.2, 0) is 4.79 Å². The van der Waals surface area contributed by atoms with E-state index in [-0.39, 0.29) is 17.6 Å². The number of hydrogen-bond acceptors (Lipinski definition) is 5. The van der Waals surface area contributed by atoms with E-state index in [2.05, 4.69) is 39.3 Å². The largest absolute Gasteiger partial charge is 0.484 e. The number of rotatable bonds is 5. The molecule has 0 atom stereocenters. The lowest BCUT2D eigenvalue weighted by atomic mass is 10.2. The van der Waals surface area contributed by atoms with E-state index in [9.17, 15) is 4.79 Å². The molecule has 0 aliphatic heterocycles. The molecule has 150 valence electrons. The SMILES string of the molecule is O=C(COc1ccccc1)NC(=S)Nc1ccc(I)cc1-c1nc2ccccc2s1. The second-order valence-corrected chi connectivity index (χ2v) is 8.97. The summed E-state index contributed by atoms with van der Waals surface area (Å²) in [6.45, 7) is -0.122. The Kier molecular flexibility index (Phi) is 6.56. The molecule has 0 bridgehead atoms. The van der Waals surface area contributed by atoms with Gasteiger partial charge in [0.15, 0.2) is 11.7 Å². The Balaban J connectivity index is 1.46. The minimum atomic E-state index is -0.330. The summed E-state index contributed by atoms with van der Waals surface area (Å²) in [5.41, 5.74) is 2.67. The Hall–Kier alpha value is -2.56. The van der Waals surface area contributed by atoms with Gasteiger partial charge in [0.25, 0.3) is 5.91 Å². The average molecular weight is 545 g/mol. The number of anilines is 1. The van der Waals surface area contributed by atoms with Gasteiger partial charge in [-0.15, -0.1) is 11.3 Å². The molecule has 30 heavy (non-hydrogen) atoms. The Morgan fingerprint density at radius 2 is 1.83 bits per heavy atom. The highest BCUT2D eigenvalue weighted by molar-refractivity contribution is 14.1. The van der Waals surface area contributed by atoms with Gasteiger partial charge in [0.1, 0.15) is 10.8 Å². The van der Waals surface area contributed by atoms with E-state index >= 15 is 0 Å². The molecule has 1 amide bonds. The van der Waals surface area contributed by atoms with Crippen molar-refractivity contribution >= 4 is 73.1 Å². The van der Waals surface area contributed by atoms with Crippen LogP contribution < -0.4 is 15.4 Å². The lowest BCUT2D eigenvalue weighted by Crippen LogP contribution is -2.37. The summed E-state index contributed by atoms with van der Waals surface area (Å²) in [4.78, 5) is 16.9. The standard InChI is InChI=1S/C22H16IN3O2S2/c23-14-10-11-17(16(12-14)21-24-18-8-4-5-9-19(18)30-21)25-22(29)26-20(27)13-28-15-6-2-1-3-7-15/h1-12H,13H2,(H2,25,26,27,29). The van der Waals surface area contributed by atoms with E-state index in [0.717, 1.165) is 30.0 Å². The number of ether oxygens (including phenoxy) is 1. The summed E-state index contributed by atoms with van der Waals surface area (Å²) in [5.74, 6) is 0.297. The number of fused-ring (bicyclic) bond motifs is 1. The van der Waals surface area contributed by atoms with Crippen LogP contribution in [0.3, 0.4) is 0 Å². The van der Waals surface area contributed by atoms with Crippen molar-refractivity contribution < 1.29 is 9.53 Å². The van der Waals surface area contributed by atoms with E-state index in [1.807, 2.05) is 54.6 Å². The number of carbonyl (C=O) groups is 1. The third-order valence-electron chi connectivity index (χ3n) is 4.12. The monoisotopic (exact) mass is 545 g/mol. The number of carbonyl (C=O) groups excluding carboxylic acids is 1. The van der Waals surface area contributed by atoms with Crippen LogP contribution in [0.15, 0.2) is 72.8 Å². The molecule has 0 aliphatic rings. The van der Waals surface area contributed by atoms with Crippen molar-refractivity contribution in [2.24, 2.45) is 0 Å². The van der Waals surface area contributed by atoms with Crippen molar-refractivity contribution in [3.8, 4) is 16.3 Å². The number of thiocarbonyl (C=S) groups is 1. The van der Waals surface area contributed by atoms with Crippen LogP contribution in [0.25, 0.3) is 20.8 Å². The van der Waals surface area contributed by atoms with Crippen LogP contribution in [0.1, 0.15) is 0 Å². The smallest absolute Gasteiger partial charge is 0.264 e. The maximum absolute atomic E-state index is 12.2. The van der Waals surface area contributed by atoms with Crippen LogP contribution in [0.4, 0.5) is 5.69 Å². The van der Waals surface area contributed by atoms with Crippen molar-refractivity contribution in [2.45, 2.75) is 0 Å². The van der Waals surface area contributed by atoms with Gasteiger partial charge in [0, 0.05) is 9.13 Å². The van der Waals surface area contributed by atoms with Gasteiger partial charge in [-0.2, -0.15) is 0 Å². The lowest BCUT2D eigenvalue weighted by molar-refractivity contribution is -0.121. The van der Waals surface area contributed by atoms with Gasteiger partial charge in [0.05, 0.1) is 15.9 Å². The number of benzene rings is 3. The molecule has 1 aromatic heterocycles. The van der Waals surface area contributed by atoms with Crippen LogP contribution in [0.2, 0.25) is 0 Å². The molecule has 5 nitrogen and oxygen atoms in total. The van der Waals surface area contributed by atoms with Gasteiger partial charge in [-0.25, -0.2) is 4.98 Å². The topological polar surface area (TPSA) is 63.2 Å². The van der Waals surface area contributed by atoms with Crippen LogP contribution in [0.5, 0.6) is 5.75 Å². The number of halogens is 1. The molecule has 0 fully saturated rings. The zero-order chi connectivity index (χ0) is 20.9. The molecule has 0 aliphatic carbocycles. The highest BCUT2D eigenvalue weighted by atomic mass is 127. The highest BCUT2D eigenvalue weighted by Crippen LogP contribution is 2.35. The first-order valence-electron chi connectivity index (χ1n) is 9.03. The van der Waals surface area contributed by atoms with Crippen molar-refractivity contribution in [1.29, 1.82) is 0 Å². The van der Waals surface area contributed by atoms with Gasteiger partial charge >= 0.3 is 0 Å². The number of para-hydroxylation sites is 2. The van der Waals surface area contributed by atoms with Crippen molar-refractivity contribution in [2.75, 3.05) is 11.9 Å². The predicted octanol–water partition coefficient (Wildman–Crippen LogP) is 5.46. The summed E-state index contributed by atoms with van der Waals surface area (Å²) in [5, 5.41) is 6.87. The van der Waals surface area contributed by atoms with Crippen molar-refractivity contribution in [1.82, 2.24) is 10.3 Å². The van der Waals surface area contributed by atoms with Crippen molar-refractivity contribution in [3.05, 3.63) is 76.4 Å². The molecule has 1 heterocycles. The highest BCUT2D eigenvalue weighted by Gasteiger charge is 2.13. The first-order valence-corrected chi connectivity index (χ1v) is 11.3. The molecule has 4 rings (SSSR count). The third-order valence-corrected chi connectivity index (χ3v) is 6.06. The third kappa shape index (κ3) is 5.13. The minimum absolute atomic E-state index is 0.122. The average Bonchev–Trinajstić information content (AvgIpc) is 3.18. The summed E-state index contributed by atoms with van der Waals surface area (Å²) in [7, 11) is 0. The Bertz CT molecular complexity index is 1180. The molecule has 8 heteroatoms. The fourth-order valence-electron chi connectivity index (χ4n) is 2.77. The summed E-state index contributed by atoms with van der Waals surface area (Å²) >= 11 is 9.21. The van der Waals surface area contributed by atoms with E-state index < -0.39 is 0 Å². The number of hydrogen-bond donors (Lipinski definition) is 2. The van der Waals surface area contributed by atoms with Crippen molar-refractivity contribution in [3.63, 3.8) is 0 Å². The number of thiazole rings is 1. The Labute approximate surface area is 196 Å². The van der Waals surface area contributed by atoms with Crippen LogP contribution in [0, 0.1) is 3.57 Å². The van der Waals surface area contributed by atoms with Gasteiger partial charge in [-0.1, -0.05) is 30.3 Å². The summed E-state index contributed by atoms with van der Waals surface area (Å²) in [6.07, 6.45) is 0. The predicted molar refractivity (Wildman–Crippen MR) is 134 cm³/mol. The maximum Gasteiger partial charge on any atom is 0.264 e. The summed E-state index contributed by atoms with van der Waals surface area (Å²) in [6, 6.07) is 23.1. The quantitative estimate of drug-likeness (QED) is 0.258. The minimum Gasteiger partial charge on any atom is -0.484 e. The molecule has 0 saturated carbocycles. The molecule has 2 N–H and O–H groups in total. The molecule has 0 saturated heterocycles. The normalized spacial score (nSPS) is 10.6. The van der Waals surface area contributed by atoms with Gasteiger partial charge in [-0.05, 0) is 77.3 Å². The molecular weight excluding hydrogens is 529 g/mol. The molecule has 0 spiro atoms. The van der Waals surface area contributed by atoms with Crippen LogP contribution in [-0.4, -0.2) is 22.6 Å². The zero-order valence-corrected chi connectivity index (χ0v) is 19.4. The first kappa shape index (κ1) is 20.7. The number of amides is 1. The van der Waals surface area contributed by atoms with Gasteiger partial charge in [0.2, 0.25) is 0 Å². The van der Waals surface area contributed by atoms with E-state index in [0.29, 0.717) is 5.75 Å². The lowest BCUT2D eigenvalue weighted by Gasteiger charge is -2.13. The summed E-state index contributed by atoms with van der Waals surface area (Å²) < 4.78 is 7.65. The van der Waals surface area contributed by atoms with E-state index in [4.69, 9.17) is 21.9 Å². The van der Waals surface area contributed by atoms with E-state index in [1.165, 1.54) is 0 Å². The zero-order valence-electron chi connectivity index (χ0n) is 15.6. The van der Waals surface area contributed by atoms with Crippen LogP contribution >= 0.6 is 46.1 Å². The second kappa shape index (κ2) is 9.50. The molecule has 0 unspecified atom stereocenters. The fraction of sp³-hybridized carbons (Fsp3) is 0.0455. The number of nitrogens with zero attached hydrogens (tertiary/aromatic N) is 1. The Morgan fingerprint density at radius 1 is 1.07 bits per heavy atom. The number of aromatic nitrogens is 1. The maximum atomic E-state index is 12.2. The van der Waals surface area contributed by atoms with Gasteiger partial charge in [-0.3, -0.25) is 10.1 Å².